The maximum Gasteiger partial charge on any atom is 0.136 e. The summed E-state index contributed by atoms with van der Waals surface area (Å²) in [5.41, 5.74) is 32.2. The fourth-order valence-electron chi connectivity index (χ4n) is 17.5. The summed E-state index contributed by atoms with van der Waals surface area (Å²) in [5.74, 6) is 0. The Morgan fingerprint density at radius 3 is 1.01 bits per heavy atom. The Kier molecular flexibility index (Phi) is 15.8. The minimum absolute atomic E-state index is 0.869. The van der Waals surface area contributed by atoms with Crippen LogP contribution in [0.15, 0.2) is 433 Å². The predicted octanol–water partition coefficient (Wildman–Crippen LogP) is 30.3. The van der Waals surface area contributed by atoms with Gasteiger partial charge in [0, 0.05) is 88.5 Å². The fraction of sp³-hybridized carbons (Fsp3) is 0. The summed E-state index contributed by atoms with van der Waals surface area (Å²) in [6.07, 6.45) is 0. The average molecular weight is 1460 g/mol. The van der Waals surface area contributed by atoms with E-state index in [1.807, 2.05) is 24.3 Å². The van der Waals surface area contributed by atoms with Gasteiger partial charge in [0.1, 0.15) is 22.3 Å². The lowest BCUT2D eigenvalue weighted by molar-refractivity contribution is 0.668. The van der Waals surface area contributed by atoms with Crippen LogP contribution in [-0.2, 0) is 0 Å². The van der Waals surface area contributed by atoms with Gasteiger partial charge in [-0.1, -0.05) is 267 Å². The van der Waals surface area contributed by atoms with E-state index >= 15 is 0 Å². The highest BCUT2D eigenvalue weighted by molar-refractivity contribution is 6.12. The second-order valence-corrected chi connectivity index (χ2v) is 29.6. The fourth-order valence-corrected chi connectivity index (χ4v) is 17.5. The molecule has 22 rings (SSSR count). The molecule has 0 aliphatic rings. The molecule has 6 heteroatoms. The number of nitrogens with zero attached hydrogens (tertiary/aromatic N) is 4. The summed E-state index contributed by atoms with van der Waals surface area (Å²) in [4.78, 5) is 4.83. The quantitative estimate of drug-likeness (QED) is 0.103. The van der Waals surface area contributed by atoms with Gasteiger partial charge >= 0.3 is 0 Å². The van der Waals surface area contributed by atoms with Gasteiger partial charge in [0.15, 0.2) is 0 Å². The van der Waals surface area contributed by atoms with Crippen molar-refractivity contribution < 1.29 is 8.83 Å². The van der Waals surface area contributed by atoms with Crippen molar-refractivity contribution in [3.63, 3.8) is 0 Å². The van der Waals surface area contributed by atoms with Gasteiger partial charge in [-0.05, 0) is 230 Å². The molecule has 18 aromatic carbocycles. The standard InChI is InChI=1S/C108H70N4O2/c1-2-23-71(24-3-1)74-25-16-27-76(61-74)77-28-18-32-84(63-77)109(85-33-19-29-78(64-85)81-55-58-97-95-43-8-14-49-105(95)113-107(97)67-81)87-35-21-37-89(69-87)112-103-48-13-7-42-94(103)99-66-80(57-60-104(99)112)73-53-51-72(52-54-73)75-26-17-31-83(62-75)91-39-4-10-45-100(91)110(86-34-20-30-79(65-86)82-56-59-98-96-44-9-15-50-106(96)114-108(98)68-82)88-36-22-38-90(70-88)111-101-46-11-5-40-92(101)93-41-6-12-47-102(93)111/h1-70H. The molecule has 4 heterocycles. The van der Waals surface area contributed by atoms with E-state index in [2.05, 4.69) is 419 Å². The zero-order valence-electron chi connectivity index (χ0n) is 62.0. The number of hydrogen-bond acceptors (Lipinski definition) is 4. The highest BCUT2D eigenvalue weighted by Crippen LogP contribution is 2.47. The molecule has 0 N–H and O–H groups in total. The number of rotatable bonds is 15. The van der Waals surface area contributed by atoms with Gasteiger partial charge in [0.25, 0.3) is 0 Å². The van der Waals surface area contributed by atoms with Crippen molar-refractivity contribution in [1.29, 1.82) is 0 Å². The van der Waals surface area contributed by atoms with Crippen molar-refractivity contribution in [2.45, 2.75) is 0 Å². The first-order valence-electron chi connectivity index (χ1n) is 38.9. The Balaban J connectivity index is 0.606. The summed E-state index contributed by atoms with van der Waals surface area (Å²) in [7, 11) is 0. The van der Waals surface area contributed by atoms with Crippen LogP contribution >= 0.6 is 0 Å². The number of furan rings is 2. The lowest BCUT2D eigenvalue weighted by Gasteiger charge is -2.29. The maximum absolute atomic E-state index is 6.46. The van der Waals surface area contributed by atoms with E-state index in [1.165, 1.54) is 32.7 Å². The monoisotopic (exact) mass is 1450 g/mol. The van der Waals surface area contributed by atoms with Crippen molar-refractivity contribution in [2.24, 2.45) is 0 Å². The van der Waals surface area contributed by atoms with Gasteiger partial charge in [-0.25, -0.2) is 0 Å². The lowest BCUT2D eigenvalue weighted by atomic mass is 9.95. The third-order valence-corrected chi connectivity index (χ3v) is 22.9. The summed E-state index contributed by atoms with van der Waals surface area (Å²) in [5, 5.41) is 9.28. The minimum Gasteiger partial charge on any atom is -0.456 e. The molecular formula is C108H70N4O2. The van der Waals surface area contributed by atoms with Crippen molar-refractivity contribution in [1.82, 2.24) is 9.13 Å². The molecular weight excluding hydrogens is 1390 g/mol. The summed E-state index contributed by atoms with van der Waals surface area (Å²) in [6.45, 7) is 0. The third kappa shape index (κ3) is 11.5. The number of anilines is 6. The van der Waals surface area contributed by atoms with Crippen LogP contribution < -0.4 is 9.80 Å². The minimum atomic E-state index is 0.869. The van der Waals surface area contributed by atoms with Crippen LogP contribution in [0.1, 0.15) is 0 Å². The number of fused-ring (bicyclic) bond motifs is 12. The predicted molar refractivity (Wildman–Crippen MR) is 477 cm³/mol. The van der Waals surface area contributed by atoms with E-state index in [-0.39, 0.29) is 0 Å². The molecule has 0 saturated heterocycles. The molecule has 534 valence electrons. The number of hydrogen-bond donors (Lipinski definition) is 0. The SMILES string of the molecule is c1ccc(-c2cccc(-c3cccc(N(c4cccc(-c5ccc6c(c5)oc5ccccc56)c4)c4cccc(-n5c6ccccc6c6cc(-c7ccc(-c8cccc(-c9ccccc9N(c9cccc(-c%10ccc%11c(c%10)oc%10ccccc%10%11)c9)c9cccc(-n%10c%11ccccc%11c%11ccccc%11%10)c9)c8)cc7)ccc65)c4)c3)c2)cc1. The Morgan fingerprint density at radius 1 is 0.167 bits per heavy atom. The first-order valence-corrected chi connectivity index (χ1v) is 38.9. The summed E-state index contributed by atoms with van der Waals surface area (Å²) < 4.78 is 17.7. The normalized spacial score (nSPS) is 11.7. The first kappa shape index (κ1) is 65.8. The van der Waals surface area contributed by atoms with E-state index in [4.69, 9.17) is 8.83 Å². The average Bonchev–Trinajstić information content (AvgIpc) is 1.57. The molecule has 6 nitrogen and oxygen atoms in total. The molecule has 0 unspecified atom stereocenters. The molecule has 0 atom stereocenters. The van der Waals surface area contributed by atoms with Crippen molar-refractivity contribution in [3.05, 3.63) is 425 Å². The van der Waals surface area contributed by atoms with E-state index in [1.54, 1.807) is 0 Å². The van der Waals surface area contributed by atoms with Gasteiger partial charge in [0.2, 0.25) is 0 Å². The molecule has 22 aromatic rings. The zero-order valence-corrected chi connectivity index (χ0v) is 62.0. The molecule has 0 saturated carbocycles. The van der Waals surface area contributed by atoms with Gasteiger partial charge < -0.3 is 27.8 Å². The van der Waals surface area contributed by atoms with Crippen LogP contribution in [0.4, 0.5) is 34.1 Å². The van der Waals surface area contributed by atoms with Crippen LogP contribution in [0, 0.1) is 0 Å². The summed E-state index contributed by atoms with van der Waals surface area (Å²) >= 11 is 0. The first-order chi connectivity index (χ1) is 56.5. The van der Waals surface area contributed by atoms with Gasteiger partial charge in [0.05, 0.1) is 27.8 Å². The smallest absolute Gasteiger partial charge is 0.136 e. The Hall–Kier alpha value is -15.2. The van der Waals surface area contributed by atoms with Crippen LogP contribution in [0.5, 0.6) is 0 Å². The second-order valence-electron chi connectivity index (χ2n) is 29.6. The molecule has 0 bridgehead atoms. The summed E-state index contributed by atoms with van der Waals surface area (Å²) in [6, 6.07) is 154. The van der Waals surface area contributed by atoms with Crippen LogP contribution in [0.2, 0.25) is 0 Å². The van der Waals surface area contributed by atoms with Crippen LogP contribution in [0.25, 0.3) is 177 Å². The second kappa shape index (κ2) is 27.4. The van der Waals surface area contributed by atoms with Crippen molar-refractivity contribution in [3.8, 4) is 89.3 Å². The highest BCUT2D eigenvalue weighted by atomic mass is 16.3. The van der Waals surface area contributed by atoms with E-state index in [0.29, 0.717) is 0 Å². The van der Waals surface area contributed by atoms with E-state index < -0.39 is 0 Å². The van der Waals surface area contributed by atoms with Gasteiger partial charge in [-0.3, -0.25) is 0 Å². The van der Waals surface area contributed by atoms with Crippen LogP contribution in [-0.4, -0.2) is 9.13 Å². The molecule has 0 spiro atoms. The number of para-hydroxylation sites is 6. The molecule has 4 aromatic heterocycles. The Morgan fingerprint density at radius 2 is 0.482 bits per heavy atom. The number of benzene rings is 18. The largest absolute Gasteiger partial charge is 0.456 e. The van der Waals surface area contributed by atoms with E-state index in [9.17, 15) is 0 Å². The number of aromatic nitrogens is 2. The van der Waals surface area contributed by atoms with Crippen molar-refractivity contribution in [2.75, 3.05) is 9.80 Å². The van der Waals surface area contributed by atoms with Crippen molar-refractivity contribution >= 4 is 122 Å². The molecule has 0 amide bonds. The maximum atomic E-state index is 6.46. The lowest BCUT2D eigenvalue weighted by Crippen LogP contribution is -2.12. The Bertz CT molecular complexity index is 7470. The van der Waals surface area contributed by atoms with E-state index in [0.717, 1.165) is 178 Å². The Labute approximate surface area is 659 Å². The van der Waals surface area contributed by atoms with Crippen LogP contribution in [0.3, 0.4) is 0 Å². The topological polar surface area (TPSA) is 42.6 Å². The zero-order chi connectivity index (χ0) is 75.2. The molecule has 0 radical (unpaired) electrons. The van der Waals surface area contributed by atoms with Gasteiger partial charge in [-0.15, -0.1) is 0 Å². The molecule has 114 heavy (non-hydrogen) atoms. The molecule has 0 aliphatic carbocycles. The molecule has 0 aliphatic heterocycles. The highest BCUT2D eigenvalue weighted by Gasteiger charge is 2.24. The third-order valence-electron chi connectivity index (χ3n) is 22.9. The van der Waals surface area contributed by atoms with Gasteiger partial charge in [-0.2, -0.15) is 0 Å². The molecule has 0 fully saturated rings.